The largest absolute Gasteiger partial charge is 0.378 e. The van der Waals surface area contributed by atoms with E-state index in [-0.39, 0.29) is 11.0 Å². The molecule has 1 saturated heterocycles. The third-order valence-corrected chi connectivity index (χ3v) is 9.94. The van der Waals surface area contributed by atoms with Crippen LogP contribution in [0.1, 0.15) is 76.2 Å². The molecule has 0 unspecified atom stereocenters. The van der Waals surface area contributed by atoms with E-state index in [0.29, 0.717) is 24.0 Å². The first-order valence-corrected chi connectivity index (χ1v) is 12.8. The Morgan fingerprint density at radius 3 is 2.56 bits per heavy atom. The van der Waals surface area contributed by atoms with E-state index in [1.807, 2.05) is 6.08 Å². The topological polar surface area (TPSA) is 29.5 Å². The number of hydrogen-bond acceptors (Lipinski definition) is 3. The fourth-order valence-electron chi connectivity index (χ4n) is 8.39. The Labute approximate surface area is 192 Å². The van der Waals surface area contributed by atoms with E-state index in [0.717, 1.165) is 25.4 Å². The number of ketones is 1. The van der Waals surface area contributed by atoms with Crippen LogP contribution in [-0.2, 0) is 9.53 Å². The van der Waals surface area contributed by atoms with Gasteiger partial charge in [-0.3, -0.25) is 4.79 Å². The predicted octanol–water partition coefficient (Wildman–Crippen LogP) is 6.20. The molecule has 4 aliphatic carbocycles. The Kier molecular flexibility index (Phi) is 4.74. The highest BCUT2D eigenvalue weighted by Gasteiger charge is 2.64. The number of ether oxygens (including phenoxy) is 1. The molecular weight excluding hydrogens is 394 g/mol. The zero-order valence-electron chi connectivity index (χ0n) is 20.0. The number of anilines is 1. The van der Waals surface area contributed by atoms with Crippen LogP contribution in [0.2, 0.25) is 0 Å². The highest BCUT2D eigenvalue weighted by molar-refractivity contribution is 5.93. The van der Waals surface area contributed by atoms with Crippen LogP contribution in [0.4, 0.5) is 5.69 Å². The molecule has 1 aliphatic heterocycles. The third-order valence-electron chi connectivity index (χ3n) is 9.94. The van der Waals surface area contributed by atoms with Crippen LogP contribution in [0.25, 0.3) is 0 Å². The molecule has 5 aliphatic rings. The number of hydrogen-bond donors (Lipinski definition) is 0. The summed E-state index contributed by atoms with van der Waals surface area (Å²) in [4.78, 5) is 14.4. The number of fused-ring (bicyclic) bond motifs is 5. The summed E-state index contributed by atoms with van der Waals surface area (Å²) in [6.07, 6.45) is 12.1. The lowest BCUT2D eigenvalue weighted by Gasteiger charge is -2.55. The minimum atomic E-state index is 0.0916. The van der Waals surface area contributed by atoms with Crippen molar-refractivity contribution in [3.05, 3.63) is 52.6 Å². The maximum Gasteiger partial charge on any atom is 0.156 e. The first kappa shape index (κ1) is 20.7. The van der Waals surface area contributed by atoms with Gasteiger partial charge >= 0.3 is 0 Å². The van der Waals surface area contributed by atoms with Gasteiger partial charge in [-0.15, -0.1) is 0 Å². The molecule has 3 nitrogen and oxygen atoms in total. The molecule has 3 heteroatoms. The van der Waals surface area contributed by atoms with Gasteiger partial charge in [-0.05, 0) is 98.1 Å². The van der Waals surface area contributed by atoms with Gasteiger partial charge in [0, 0.05) is 44.1 Å². The predicted molar refractivity (Wildman–Crippen MR) is 129 cm³/mol. The zero-order chi connectivity index (χ0) is 22.1. The van der Waals surface area contributed by atoms with Crippen LogP contribution in [0.15, 0.2) is 47.1 Å². The molecular formula is C29H37NO2. The molecule has 0 aromatic heterocycles. The summed E-state index contributed by atoms with van der Waals surface area (Å²) in [5.74, 6) is 2.15. The molecule has 0 N–H and O–H groups in total. The van der Waals surface area contributed by atoms with E-state index in [1.54, 1.807) is 11.1 Å². The smallest absolute Gasteiger partial charge is 0.156 e. The third kappa shape index (κ3) is 2.86. The highest BCUT2D eigenvalue weighted by Crippen LogP contribution is 2.69. The molecule has 0 radical (unpaired) electrons. The summed E-state index contributed by atoms with van der Waals surface area (Å²) in [5.41, 5.74) is 7.66. The summed E-state index contributed by atoms with van der Waals surface area (Å²) >= 11 is 0. The highest BCUT2D eigenvalue weighted by atomic mass is 16.5. The van der Waals surface area contributed by atoms with Gasteiger partial charge in [0.2, 0.25) is 0 Å². The molecule has 3 fully saturated rings. The van der Waals surface area contributed by atoms with Gasteiger partial charge < -0.3 is 9.64 Å². The summed E-state index contributed by atoms with van der Waals surface area (Å²) < 4.78 is 6.63. The summed E-state index contributed by atoms with van der Waals surface area (Å²) in [7, 11) is 4.22. The zero-order valence-corrected chi connectivity index (χ0v) is 20.0. The number of rotatable bonds is 2. The van der Waals surface area contributed by atoms with E-state index in [9.17, 15) is 4.79 Å². The van der Waals surface area contributed by atoms with Crippen LogP contribution in [0, 0.1) is 17.3 Å². The van der Waals surface area contributed by atoms with Crippen molar-refractivity contribution in [2.45, 2.75) is 76.2 Å². The van der Waals surface area contributed by atoms with Crippen molar-refractivity contribution >= 4 is 11.5 Å². The van der Waals surface area contributed by atoms with E-state index < -0.39 is 0 Å². The summed E-state index contributed by atoms with van der Waals surface area (Å²) in [6.45, 7) is 3.52. The molecule has 2 saturated carbocycles. The van der Waals surface area contributed by atoms with Gasteiger partial charge in [0.05, 0.1) is 5.60 Å². The van der Waals surface area contributed by atoms with Crippen LogP contribution in [-0.4, -0.2) is 32.1 Å². The van der Waals surface area contributed by atoms with Crippen LogP contribution in [0.3, 0.4) is 0 Å². The molecule has 0 bridgehead atoms. The number of carbonyl (C=O) groups excluding carboxylic acids is 1. The minimum absolute atomic E-state index is 0.0916. The monoisotopic (exact) mass is 431 g/mol. The van der Waals surface area contributed by atoms with Gasteiger partial charge in [-0.1, -0.05) is 24.6 Å². The lowest BCUT2D eigenvalue weighted by Crippen LogP contribution is -2.51. The normalized spacial score (nSPS) is 38.4. The first-order valence-electron chi connectivity index (χ1n) is 12.8. The van der Waals surface area contributed by atoms with Crippen molar-refractivity contribution in [2.75, 3.05) is 25.6 Å². The second kappa shape index (κ2) is 7.32. The van der Waals surface area contributed by atoms with Crippen LogP contribution >= 0.6 is 0 Å². The molecule has 0 amide bonds. The molecule has 6 rings (SSSR count). The summed E-state index contributed by atoms with van der Waals surface area (Å²) in [6, 6.07) is 9.31. The number of carbonyl (C=O) groups is 1. The Hall–Kier alpha value is -1.87. The van der Waals surface area contributed by atoms with Gasteiger partial charge in [0.25, 0.3) is 0 Å². The Morgan fingerprint density at radius 2 is 1.84 bits per heavy atom. The molecule has 1 heterocycles. The fraction of sp³-hybridized carbons (Fsp3) is 0.621. The Morgan fingerprint density at radius 1 is 1.03 bits per heavy atom. The lowest BCUT2D eigenvalue weighted by atomic mass is 9.51. The molecule has 5 atom stereocenters. The SMILES string of the molecule is CN(C)c1ccc([C@H]2C[C@@]3(C)[C@H](CC[C@@]34CCCO4)[C@@H]3CCC4=CC(=O)CCC4=C32)cc1. The maximum absolute atomic E-state index is 12.2. The van der Waals surface area contributed by atoms with E-state index in [2.05, 4.69) is 50.2 Å². The van der Waals surface area contributed by atoms with Gasteiger partial charge in [-0.25, -0.2) is 0 Å². The van der Waals surface area contributed by atoms with Crippen molar-refractivity contribution in [3.63, 3.8) is 0 Å². The summed E-state index contributed by atoms with van der Waals surface area (Å²) in [5, 5.41) is 0. The first-order chi connectivity index (χ1) is 15.4. The van der Waals surface area contributed by atoms with Gasteiger partial charge in [0.15, 0.2) is 5.78 Å². The Balaban J connectivity index is 1.50. The van der Waals surface area contributed by atoms with Gasteiger partial charge in [0.1, 0.15) is 0 Å². The Bertz CT molecular complexity index is 994. The maximum atomic E-state index is 12.2. The van der Waals surface area contributed by atoms with Crippen molar-refractivity contribution in [1.29, 1.82) is 0 Å². The standard InChI is InChI=1S/C29H37NO2/c1-28-18-25(19-5-8-21(9-6-19)30(2)3)27-23-12-10-22(31)17-20(23)7-11-24(27)26(28)13-15-29(28)14-4-16-32-29/h5-6,8-9,17,24-26H,4,7,10-16,18H2,1-3H3/t24-,25+,26+,28-,29-/m0/s1. The molecule has 170 valence electrons. The minimum Gasteiger partial charge on any atom is -0.378 e. The van der Waals surface area contributed by atoms with Crippen LogP contribution in [0.5, 0.6) is 0 Å². The second-order valence-corrected chi connectivity index (χ2v) is 11.5. The molecule has 1 aromatic carbocycles. The molecule has 1 aromatic rings. The number of benzene rings is 1. The van der Waals surface area contributed by atoms with Gasteiger partial charge in [-0.2, -0.15) is 0 Å². The molecule has 1 spiro atoms. The van der Waals surface area contributed by atoms with Crippen LogP contribution < -0.4 is 4.90 Å². The fourth-order valence-corrected chi connectivity index (χ4v) is 8.39. The van der Waals surface area contributed by atoms with E-state index in [1.165, 1.54) is 55.3 Å². The van der Waals surface area contributed by atoms with E-state index >= 15 is 0 Å². The second-order valence-electron chi connectivity index (χ2n) is 11.5. The van der Waals surface area contributed by atoms with Crippen molar-refractivity contribution < 1.29 is 9.53 Å². The average molecular weight is 432 g/mol. The average Bonchev–Trinajstić information content (AvgIpc) is 3.39. The quantitative estimate of drug-likeness (QED) is 0.558. The number of nitrogens with zero attached hydrogens (tertiary/aromatic N) is 1. The van der Waals surface area contributed by atoms with Crippen molar-refractivity contribution in [1.82, 2.24) is 0 Å². The number of allylic oxidation sites excluding steroid dienone is 4. The van der Waals surface area contributed by atoms with E-state index in [4.69, 9.17) is 4.74 Å². The lowest BCUT2D eigenvalue weighted by molar-refractivity contribution is -0.114. The molecule has 32 heavy (non-hydrogen) atoms. The van der Waals surface area contributed by atoms with Crippen molar-refractivity contribution in [2.24, 2.45) is 17.3 Å². The van der Waals surface area contributed by atoms with Crippen molar-refractivity contribution in [3.8, 4) is 0 Å².